The van der Waals surface area contributed by atoms with Gasteiger partial charge in [-0.15, -0.1) is 11.3 Å². The molecule has 114 valence electrons. The molecule has 1 unspecified atom stereocenters. The molecule has 0 saturated carbocycles. The minimum atomic E-state index is -3.23. The number of benzene rings is 1. The lowest BCUT2D eigenvalue weighted by atomic mass is 10.2. The van der Waals surface area contributed by atoms with Crippen molar-refractivity contribution in [1.29, 1.82) is 0 Å². The highest BCUT2D eigenvalue weighted by Crippen LogP contribution is 2.29. The standard InChI is InChI=1S/C15H19NO3S2/c1-11(8-17)9-21(18,19)10-14-12(2)16-15(20-14)13-6-4-3-5-7-13/h3-7,11,17H,8-10H2,1-2H3. The Balaban J connectivity index is 2.21. The van der Waals surface area contributed by atoms with E-state index in [1.54, 1.807) is 6.92 Å². The monoisotopic (exact) mass is 325 g/mol. The molecule has 1 aromatic heterocycles. The van der Waals surface area contributed by atoms with Crippen molar-refractivity contribution >= 4 is 21.2 Å². The van der Waals surface area contributed by atoms with Gasteiger partial charge in [-0.05, 0) is 12.8 Å². The summed E-state index contributed by atoms with van der Waals surface area (Å²) in [4.78, 5) is 5.25. The minimum Gasteiger partial charge on any atom is -0.396 e. The van der Waals surface area contributed by atoms with E-state index in [1.807, 2.05) is 37.3 Å². The Bertz CT molecular complexity index is 693. The lowest BCUT2D eigenvalue weighted by Gasteiger charge is -2.08. The summed E-state index contributed by atoms with van der Waals surface area (Å²) in [7, 11) is -3.23. The van der Waals surface area contributed by atoms with E-state index in [9.17, 15) is 8.42 Å². The highest BCUT2D eigenvalue weighted by atomic mass is 32.2. The summed E-state index contributed by atoms with van der Waals surface area (Å²) in [6, 6.07) is 9.73. The number of aliphatic hydroxyl groups is 1. The maximum atomic E-state index is 12.1. The van der Waals surface area contributed by atoms with Crippen LogP contribution in [0, 0.1) is 12.8 Å². The van der Waals surface area contributed by atoms with Gasteiger partial charge in [0.25, 0.3) is 0 Å². The van der Waals surface area contributed by atoms with E-state index in [-0.39, 0.29) is 24.0 Å². The quantitative estimate of drug-likeness (QED) is 0.886. The Labute approximate surface area is 129 Å². The van der Waals surface area contributed by atoms with Crippen LogP contribution >= 0.6 is 11.3 Å². The third kappa shape index (κ3) is 4.36. The smallest absolute Gasteiger partial charge is 0.155 e. The number of thiazole rings is 1. The highest BCUT2D eigenvalue weighted by Gasteiger charge is 2.20. The summed E-state index contributed by atoms with van der Waals surface area (Å²) in [6.07, 6.45) is 0. The van der Waals surface area contributed by atoms with Crippen molar-refractivity contribution in [3.05, 3.63) is 40.9 Å². The second kappa shape index (κ2) is 6.68. The number of aryl methyl sites for hydroxylation is 1. The molecule has 0 saturated heterocycles. The van der Waals surface area contributed by atoms with Crippen LogP contribution in [0.25, 0.3) is 10.6 Å². The largest absolute Gasteiger partial charge is 0.396 e. The van der Waals surface area contributed by atoms with Gasteiger partial charge in [0, 0.05) is 17.0 Å². The van der Waals surface area contributed by atoms with Crippen LogP contribution in [0.15, 0.2) is 30.3 Å². The van der Waals surface area contributed by atoms with Crippen LogP contribution in [0.1, 0.15) is 17.5 Å². The van der Waals surface area contributed by atoms with Crippen LogP contribution in [-0.2, 0) is 15.6 Å². The maximum absolute atomic E-state index is 12.1. The lowest BCUT2D eigenvalue weighted by Crippen LogP contribution is -2.18. The Morgan fingerprint density at radius 2 is 1.95 bits per heavy atom. The first-order valence-corrected chi connectivity index (χ1v) is 9.38. The summed E-state index contributed by atoms with van der Waals surface area (Å²) < 4.78 is 24.3. The Kier molecular flexibility index (Phi) is 5.13. The molecule has 0 aliphatic carbocycles. The summed E-state index contributed by atoms with van der Waals surface area (Å²) in [5.41, 5.74) is 1.76. The SMILES string of the molecule is Cc1nc(-c2ccccc2)sc1CS(=O)(=O)CC(C)CO. The zero-order chi connectivity index (χ0) is 15.5. The van der Waals surface area contributed by atoms with Crippen molar-refractivity contribution in [3.63, 3.8) is 0 Å². The molecule has 6 heteroatoms. The first-order chi connectivity index (χ1) is 9.91. The number of nitrogens with zero attached hydrogens (tertiary/aromatic N) is 1. The number of hydrogen-bond donors (Lipinski definition) is 1. The van der Waals surface area contributed by atoms with E-state index in [0.29, 0.717) is 0 Å². The van der Waals surface area contributed by atoms with E-state index in [2.05, 4.69) is 4.98 Å². The third-order valence-corrected chi connectivity index (χ3v) is 6.31. The van der Waals surface area contributed by atoms with Crippen molar-refractivity contribution in [2.24, 2.45) is 5.92 Å². The lowest BCUT2D eigenvalue weighted by molar-refractivity contribution is 0.249. The predicted molar refractivity (Wildman–Crippen MR) is 86.0 cm³/mol. The van der Waals surface area contributed by atoms with E-state index in [1.165, 1.54) is 11.3 Å². The fraction of sp³-hybridized carbons (Fsp3) is 0.400. The topological polar surface area (TPSA) is 67.3 Å². The van der Waals surface area contributed by atoms with E-state index < -0.39 is 9.84 Å². The molecule has 2 aromatic rings. The molecular formula is C15H19NO3S2. The number of aliphatic hydroxyl groups excluding tert-OH is 1. The van der Waals surface area contributed by atoms with Crippen LogP contribution in [0.3, 0.4) is 0 Å². The summed E-state index contributed by atoms with van der Waals surface area (Å²) in [6.45, 7) is 3.45. The van der Waals surface area contributed by atoms with Gasteiger partial charge in [0.15, 0.2) is 9.84 Å². The zero-order valence-corrected chi connectivity index (χ0v) is 13.7. The number of aromatic nitrogens is 1. The third-order valence-electron chi connectivity index (χ3n) is 3.11. The highest BCUT2D eigenvalue weighted by molar-refractivity contribution is 7.90. The van der Waals surface area contributed by atoms with Crippen molar-refractivity contribution in [3.8, 4) is 10.6 Å². The average molecular weight is 325 g/mol. The Morgan fingerprint density at radius 3 is 2.57 bits per heavy atom. The zero-order valence-electron chi connectivity index (χ0n) is 12.1. The Morgan fingerprint density at radius 1 is 1.29 bits per heavy atom. The van der Waals surface area contributed by atoms with E-state index >= 15 is 0 Å². The number of hydrogen-bond acceptors (Lipinski definition) is 5. The van der Waals surface area contributed by atoms with Gasteiger partial charge in [-0.25, -0.2) is 13.4 Å². The maximum Gasteiger partial charge on any atom is 0.155 e. The van der Waals surface area contributed by atoms with E-state index in [4.69, 9.17) is 5.11 Å². The summed E-state index contributed by atoms with van der Waals surface area (Å²) >= 11 is 1.42. The van der Waals surface area contributed by atoms with Gasteiger partial charge in [-0.1, -0.05) is 37.3 Å². The molecule has 1 N–H and O–H groups in total. The average Bonchev–Trinajstić information content (AvgIpc) is 2.80. The molecule has 0 amide bonds. The fourth-order valence-electron chi connectivity index (χ4n) is 2.01. The van der Waals surface area contributed by atoms with Crippen LogP contribution in [0.2, 0.25) is 0 Å². The predicted octanol–water partition coefficient (Wildman–Crippen LogP) is 2.66. The van der Waals surface area contributed by atoms with Crippen molar-refractivity contribution in [2.75, 3.05) is 12.4 Å². The second-order valence-electron chi connectivity index (χ2n) is 5.24. The molecule has 2 rings (SSSR count). The van der Waals surface area contributed by atoms with E-state index in [0.717, 1.165) is 21.1 Å². The second-order valence-corrected chi connectivity index (χ2v) is 8.43. The molecule has 0 fully saturated rings. The molecular weight excluding hydrogens is 306 g/mol. The molecule has 0 aliphatic rings. The van der Waals surface area contributed by atoms with Gasteiger partial charge >= 0.3 is 0 Å². The van der Waals surface area contributed by atoms with Crippen LogP contribution in [0.5, 0.6) is 0 Å². The van der Waals surface area contributed by atoms with Crippen LogP contribution in [-0.4, -0.2) is 30.9 Å². The van der Waals surface area contributed by atoms with Crippen LogP contribution in [0.4, 0.5) is 0 Å². The van der Waals surface area contributed by atoms with Crippen LogP contribution < -0.4 is 0 Å². The molecule has 1 heterocycles. The van der Waals surface area contributed by atoms with Gasteiger partial charge in [-0.3, -0.25) is 0 Å². The molecule has 1 aromatic carbocycles. The van der Waals surface area contributed by atoms with Crippen molar-refractivity contribution in [1.82, 2.24) is 4.98 Å². The molecule has 0 radical (unpaired) electrons. The molecule has 1 atom stereocenters. The minimum absolute atomic E-state index is 0.00150. The number of rotatable bonds is 6. The molecule has 0 spiro atoms. The first kappa shape index (κ1) is 16.1. The van der Waals surface area contributed by atoms with Gasteiger partial charge in [0.2, 0.25) is 0 Å². The van der Waals surface area contributed by atoms with Crippen molar-refractivity contribution in [2.45, 2.75) is 19.6 Å². The van der Waals surface area contributed by atoms with Gasteiger partial charge in [-0.2, -0.15) is 0 Å². The molecule has 0 aliphatic heterocycles. The first-order valence-electron chi connectivity index (χ1n) is 6.74. The molecule has 21 heavy (non-hydrogen) atoms. The summed E-state index contributed by atoms with van der Waals surface area (Å²) in [5, 5.41) is 9.84. The normalized spacial score (nSPS) is 13.3. The van der Waals surface area contributed by atoms with Crippen molar-refractivity contribution < 1.29 is 13.5 Å². The molecule has 4 nitrogen and oxygen atoms in total. The van der Waals surface area contributed by atoms with Gasteiger partial charge in [0.05, 0.1) is 17.2 Å². The fourth-order valence-corrected chi connectivity index (χ4v) is 5.35. The Hall–Kier alpha value is -1.24. The molecule has 0 bridgehead atoms. The summed E-state index contributed by atoms with van der Waals surface area (Å²) in [5.74, 6) is -0.244. The van der Waals surface area contributed by atoms with Gasteiger partial charge in [0.1, 0.15) is 5.01 Å². The number of sulfone groups is 1. The van der Waals surface area contributed by atoms with Gasteiger partial charge < -0.3 is 5.11 Å².